The quantitative estimate of drug-likeness (QED) is 0.210. The molecule has 0 spiro atoms. The third kappa shape index (κ3) is 3.76. The fourth-order valence-electron chi connectivity index (χ4n) is 5.82. The van der Waals surface area contributed by atoms with Gasteiger partial charge in [-0.3, -0.25) is 4.57 Å². The van der Waals surface area contributed by atoms with Crippen LogP contribution in [-0.4, -0.2) is 19.5 Å². The molecule has 5 nitrogen and oxygen atoms in total. The largest absolute Gasteiger partial charge is 0.456 e. The highest BCUT2D eigenvalue weighted by atomic mass is 16.3. The average Bonchev–Trinajstić information content (AvgIpc) is 3.75. The van der Waals surface area contributed by atoms with Crippen molar-refractivity contribution in [1.82, 2.24) is 19.5 Å². The molecule has 0 saturated heterocycles. The van der Waals surface area contributed by atoms with E-state index >= 15 is 0 Å². The van der Waals surface area contributed by atoms with Gasteiger partial charge in [-0.25, -0.2) is 4.98 Å². The molecule has 0 unspecified atom stereocenters. The van der Waals surface area contributed by atoms with Crippen molar-refractivity contribution in [1.29, 1.82) is 0 Å². The summed E-state index contributed by atoms with van der Waals surface area (Å²) in [6.45, 7) is 0. The molecule has 9 rings (SSSR count). The summed E-state index contributed by atoms with van der Waals surface area (Å²) in [5.41, 5.74) is 2.93. The van der Waals surface area contributed by atoms with Crippen LogP contribution in [0, 0.1) is 0 Å². The molecule has 3 heterocycles. The zero-order chi connectivity index (χ0) is 36.9. The molecule has 0 atom stereocenters. The minimum atomic E-state index is -0.549. The van der Waals surface area contributed by atoms with Crippen LogP contribution < -0.4 is 0 Å². The summed E-state index contributed by atoms with van der Waals surface area (Å²) in [5, 5.41) is 2.12. The topological polar surface area (TPSA) is 56.7 Å². The molecule has 9 aromatic rings. The second-order valence-corrected chi connectivity index (χ2v) is 10.2. The highest BCUT2D eigenvalue weighted by molar-refractivity contribution is 6.14. The first-order valence-electron chi connectivity index (χ1n) is 18.4. The Morgan fingerprint density at radius 1 is 0.523 bits per heavy atom. The Hall–Kier alpha value is -6.07. The molecule has 0 N–H and O–H groups in total. The van der Waals surface area contributed by atoms with Crippen molar-refractivity contribution in [3.05, 3.63) is 145 Å². The predicted molar refractivity (Wildman–Crippen MR) is 178 cm³/mol. The molecule has 0 amide bonds. The molecule has 206 valence electrons. The lowest BCUT2D eigenvalue weighted by Crippen LogP contribution is -2.07. The van der Waals surface area contributed by atoms with Gasteiger partial charge in [0, 0.05) is 38.2 Å². The molecule has 0 aliphatic heterocycles. The number of benzene rings is 6. The van der Waals surface area contributed by atoms with Crippen LogP contribution in [0.1, 0.15) is 12.3 Å². The minimum absolute atomic E-state index is 0.0106. The summed E-state index contributed by atoms with van der Waals surface area (Å²) < 4.78 is 85.9. The summed E-state index contributed by atoms with van der Waals surface area (Å²) in [6, 6.07) is 23.2. The fourth-order valence-corrected chi connectivity index (χ4v) is 5.82. The predicted octanol–water partition coefficient (Wildman–Crippen LogP) is 9.87. The van der Waals surface area contributed by atoms with Crippen LogP contribution in [-0.2, 0) is 0 Å². The van der Waals surface area contributed by atoms with Crippen molar-refractivity contribution < 1.29 is 16.8 Å². The Morgan fingerprint density at radius 2 is 1.23 bits per heavy atom. The van der Waals surface area contributed by atoms with E-state index in [-0.39, 0.29) is 57.2 Å². The van der Waals surface area contributed by atoms with Gasteiger partial charge in [-0.1, -0.05) is 127 Å². The maximum atomic E-state index is 9.16. The first-order chi connectivity index (χ1) is 25.6. The van der Waals surface area contributed by atoms with Gasteiger partial charge in [-0.15, -0.1) is 0 Å². The number of nitrogens with zero attached hydrogens (tertiary/aromatic N) is 4. The van der Waals surface area contributed by atoms with E-state index in [1.54, 1.807) is 18.2 Å². The Labute approximate surface area is 265 Å². The van der Waals surface area contributed by atoms with Crippen molar-refractivity contribution in [2.75, 3.05) is 0 Å². The van der Waals surface area contributed by atoms with Crippen molar-refractivity contribution >= 4 is 43.7 Å². The lowest BCUT2D eigenvalue weighted by Gasteiger charge is -2.13. The number of hydrogen-bond donors (Lipinski definition) is 0. The standard InChI is InChI=1S/C39H24N4O/c1-3-13-25(14-4-1)27-19-11-20-29-28-17-7-9-22-32(28)43(36(27)29)39-41-37(26-15-5-2-6-16-26)40-38(42-39)31-21-12-24-34-35(31)30-18-8-10-23-33(30)44-34/h1-24H/i1D,3D,4D,7D,9D,13D,14D,17D,22D. The Balaban J connectivity index is 1.48. The molecule has 0 bridgehead atoms. The lowest BCUT2D eigenvalue weighted by molar-refractivity contribution is 0.669. The maximum absolute atomic E-state index is 9.16. The van der Waals surface area contributed by atoms with Crippen LogP contribution in [0.5, 0.6) is 0 Å². The lowest BCUT2D eigenvalue weighted by atomic mass is 10.0. The Morgan fingerprint density at radius 3 is 2.14 bits per heavy atom. The van der Waals surface area contributed by atoms with Crippen molar-refractivity contribution in [2.24, 2.45) is 0 Å². The first-order valence-corrected chi connectivity index (χ1v) is 13.9. The van der Waals surface area contributed by atoms with E-state index in [2.05, 4.69) is 0 Å². The van der Waals surface area contributed by atoms with Gasteiger partial charge >= 0.3 is 0 Å². The van der Waals surface area contributed by atoms with E-state index in [0.717, 1.165) is 10.8 Å². The number of hydrogen-bond acceptors (Lipinski definition) is 4. The van der Waals surface area contributed by atoms with E-state index in [1.165, 1.54) is 4.57 Å². The molecule has 3 aromatic heterocycles. The zero-order valence-electron chi connectivity index (χ0n) is 31.9. The van der Waals surface area contributed by atoms with Crippen molar-refractivity contribution in [3.8, 4) is 39.9 Å². The molecular formula is C39H24N4O. The smallest absolute Gasteiger partial charge is 0.238 e. The second kappa shape index (κ2) is 9.75. The summed E-state index contributed by atoms with van der Waals surface area (Å²) in [4.78, 5) is 14.9. The summed E-state index contributed by atoms with van der Waals surface area (Å²) in [5.74, 6) is 0.511. The number of furan rings is 1. The van der Waals surface area contributed by atoms with Crippen LogP contribution in [0.4, 0.5) is 0 Å². The van der Waals surface area contributed by atoms with Gasteiger partial charge in [0.1, 0.15) is 11.2 Å². The van der Waals surface area contributed by atoms with Crippen LogP contribution in [0.25, 0.3) is 83.6 Å². The van der Waals surface area contributed by atoms with E-state index in [9.17, 15) is 0 Å². The van der Waals surface area contributed by atoms with Gasteiger partial charge < -0.3 is 4.42 Å². The second-order valence-electron chi connectivity index (χ2n) is 10.2. The third-order valence-corrected chi connectivity index (χ3v) is 7.69. The maximum Gasteiger partial charge on any atom is 0.238 e. The zero-order valence-corrected chi connectivity index (χ0v) is 22.9. The van der Waals surface area contributed by atoms with Gasteiger partial charge in [0.05, 0.1) is 23.4 Å². The molecule has 0 saturated carbocycles. The van der Waals surface area contributed by atoms with E-state index < -0.39 is 42.3 Å². The average molecular weight is 574 g/mol. The van der Waals surface area contributed by atoms with Gasteiger partial charge in [0.25, 0.3) is 0 Å². The summed E-state index contributed by atoms with van der Waals surface area (Å²) >= 11 is 0. The van der Waals surface area contributed by atoms with Crippen LogP contribution in [0.3, 0.4) is 0 Å². The van der Waals surface area contributed by atoms with E-state index in [1.807, 2.05) is 72.8 Å². The Kier molecular flexibility index (Phi) is 3.80. The molecule has 0 radical (unpaired) electrons. The Bertz CT molecular complexity index is 2990. The van der Waals surface area contributed by atoms with Crippen LogP contribution in [0.2, 0.25) is 0 Å². The van der Waals surface area contributed by atoms with Gasteiger partial charge in [0.15, 0.2) is 11.6 Å². The molecular weight excluding hydrogens is 540 g/mol. The van der Waals surface area contributed by atoms with Crippen LogP contribution >= 0.6 is 0 Å². The molecule has 5 heteroatoms. The number of rotatable bonds is 4. The molecule has 44 heavy (non-hydrogen) atoms. The molecule has 0 fully saturated rings. The third-order valence-electron chi connectivity index (χ3n) is 7.69. The fraction of sp³-hybridized carbons (Fsp3) is 0. The highest BCUT2D eigenvalue weighted by Gasteiger charge is 2.21. The SMILES string of the molecule is [2H]c1c([2H])c([2H])c(-c2cccc3c4c([2H])c([2H])c([2H])c([2H])c4n(-c4nc(-c5ccccc5)nc(-c5cccc6oc7ccccc7c56)n4)c23)c([2H])c1[2H]. The van der Waals surface area contributed by atoms with Crippen molar-refractivity contribution in [2.45, 2.75) is 0 Å². The van der Waals surface area contributed by atoms with Crippen molar-refractivity contribution in [3.63, 3.8) is 0 Å². The number of para-hydroxylation sites is 3. The molecule has 0 aliphatic carbocycles. The van der Waals surface area contributed by atoms with E-state index in [4.69, 9.17) is 31.7 Å². The first kappa shape index (κ1) is 17.1. The monoisotopic (exact) mass is 573 g/mol. The number of aromatic nitrogens is 4. The van der Waals surface area contributed by atoms with Crippen LogP contribution in [0.15, 0.2) is 150 Å². The van der Waals surface area contributed by atoms with Gasteiger partial charge in [-0.05, 0) is 23.7 Å². The number of fused-ring (bicyclic) bond motifs is 6. The molecule has 6 aromatic carbocycles. The summed E-state index contributed by atoms with van der Waals surface area (Å²) in [7, 11) is 0. The normalized spacial score (nSPS) is 14.5. The van der Waals surface area contributed by atoms with Gasteiger partial charge in [-0.2, -0.15) is 9.97 Å². The van der Waals surface area contributed by atoms with E-state index in [0.29, 0.717) is 27.7 Å². The summed E-state index contributed by atoms with van der Waals surface area (Å²) in [6.07, 6.45) is 0. The highest BCUT2D eigenvalue weighted by Crippen LogP contribution is 2.39. The molecule has 0 aliphatic rings. The van der Waals surface area contributed by atoms with Gasteiger partial charge in [0.2, 0.25) is 5.95 Å². The minimum Gasteiger partial charge on any atom is -0.456 e.